The Balaban J connectivity index is 2.15. The fourth-order valence-electron chi connectivity index (χ4n) is 1.45. The molecule has 0 spiro atoms. The van der Waals surface area contributed by atoms with Crippen LogP contribution in [0.25, 0.3) is 0 Å². The number of rotatable bonds is 4. The van der Waals surface area contributed by atoms with Crippen molar-refractivity contribution in [3.05, 3.63) is 23.0 Å². The van der Waals surface area contributed by atoms with Crippen LogP contribution < -0.4 is 11.1 Å². The van der Waals surface area contributed by atoms with Gasteiger partial charge < -0.3 is 15.8 Å². The lowest BCUT2D eigenvalue weighted by atomic mass is 10.2. The number of aromatic amines is 1. The molecule has 0 radical (unpaired) electrons. The minimum Gasteiger partial charge on any atom is -0.465 e. The molecule has 8 heteroatoms. The number of carbonyl (C=O) groups is 1. The molecule has 0 aliphatic carbocycles. The lowest BCUT2D eigenvalue weighted by Gasteiger charge is -2.05. The number of hydrogen-bond donors (Lipinski definition) is 3. The smallest absolute Gasteiger partial charge is 0.344 e. The van der Waals surface area contributed by atoms with E-state index in [-0.39, 0.29) is 11.4 Å². The van der Waals surface area contributed by atoms with Gasteiger partial charge in [0.2, 0.25) is 0 Å². The normalized spacial score (nSPS) is 10.3. The van der Waals surface area contributed by atoms with Gasteiger partial charge in [0.1, 0.15) is 10.6 Å². The van der Waals surface area contributed by atoms with E-state index in [1.807, 2.05) is 6.92 Å². The average Bonchev–Trinajstić information content (AvgIpc) is 2.92. The van der Waals surface area contributed by atoms with E-state index >= 15 is 0 Å². The number of nitrogens with two attached hydrogens (primary N) is 1. The van der Waals surface area contributed by atoms with Gasteiger partial charge in [0.05, 0.1) is 13.3 Å². The molecular weight excluding hydrogens is 254 g/mol. The number of carbonyl (C=O) groups excluding carboxylic acids is 1. The van der Waals surface area contributed by atoms with Gasteiger partial charge >= 0.3 is 5.97 Å². The first-order chi connectivity index (χ1) is 8.63. The molecule has 0 aliphatic rings. The van der Waals surface area contributed by atoms with E-state index in [0.29, 0.717) is 11.5 Å². The Hall–Kier alpha value is -2.09. The molecule has 2 aromatic heterocycles. The Kier molecular flexibility index (Phi) is 3.47. The van der Waals surface area contributed by atoms with E-state index in [9.17, 15) is 4.79 Å². The van der Waals surface area contributed by atoms with Crippen LogP contribution in [0.1, 0.15) is 21.6 Å². The maximum atomic E-state index is 11.6. The molecular formula is C10H13N5O2S. The highest BCUT2D eigenvalue weighted by molar-refractivity contribution is 7.11. The van der Waals surface area contributed by atoms with Gasteiger partial charge in [-0.1, -0.05) is 0 Å². The molecule has 2 rings (SSSR count). The van der Waals surface area contributed by atoms with Gasteiger partial charge in [0, 0.05) is 17.8 Å². The zero-order chi connectivity index (χ0) is 13.1. The van der Waals surface area contributed by atoms with Crippen LogP contribution >= 0.6 is 11.5 Å². The summed E-state index contributed by atoms with van der Waals surface area (Å²) in [4.78, 5) is 11.6. The highest BCUT2D eigenvalue weighted by atomic mass is 32.1. The largest absolute Gasteiger partial charge is 0.465 e. The zero-order valence-corrected chi connectivity index (χ0v) is 10.8. The number of esters is 1. The Morgan fingerprint density at radius 2 is 2.44 bits per heavy atom. The third-order valence-corrected chi connectivity index (χ3v) is 3.30. The van der Waals surface area contributed by atoms with Crippen LogP contribution in [0.4, 0.5) is 10.8 Å². The van der Waals surface area contributed by atoms with E-state index in [1.165, 1.54) is 7.11 Å². The third-order valence-electron chi connectivity index (χ3n) is 2.48. The van der Waals surface area contributed by atoms with E-state index in [0.717, 1.165) is 22.8 Å². The van der Waals surface area contributed by atoms with Gasteiger partial charge in [0.15, 0.2) is 5.82 Å². The van der Waals surface area contributed by atoms with Crippen molar-refractivity contribution in [2.75, 3.05) is 18.2 Å². The molecule has 0 aliphatic heterocycles. The summed E-state index contributed by atoms with van der Waals surface area (Å²) in [6.07, 6.45) is 1.73. The first kappa shape index (κ1) is 12.4. The third kappa shape index (κ3) is 2.28. The summed E-state index contributed by atoms with van der Waals surface area (Å²) in [5.41, 5.74) is 7.90. The molecule has 0 saturated carbocycles. The predicted molar refractivity (Wildman–Crippen MR) is 68.5 cm³/mol. The summed E-state index contributed by atoms with van der Waals surface area (Å²) in [6.45, 7) is 2.46. The lowest BCUT2D eigenvalue weighted by Crippen LogP contribution is -2.08. The first-order valence-electron chi connectivity index (χ1n) is 5.19. The Labute approximate surface area is 108 Å². The van der Waals surface area contributed by atoms with Crippen LogP contribution in [0.2, 0.25) is 0 Å². The fraction of sp³-hybridized carbons (Fsp3) is 0.300. The van der Waals surface area contributed by atoms with Crippen molar-refractivity contribution in [1.82, 2.24) is 14.6 Å². The second kappa shape index (κ2) is 5.05. The maximum Gasteiger partial charge on any atom is 0.344 e. The predicted octanol–water partition coefficient (Wildman–Crippen LogP) is 1.16. The highest BCUT2D eigenvalue weighted by Gasteiger charge is 2.19. The molecule has 0 amide bonds. The first-order valence-corrected chi connectivity index (χ1v) is 5.97. The Morgan fingerprint density at radius 3 is 3.06 bits per heavy atom. The number of nitrogen functional groups attached to an aromatic ring is 1. The van der Waals surface area contributed by atoms with Crippen LogP contribution in [-0.2, 0) is 11.3 Å². The van der Waals surface area contributed by atoms with Crippen LogP contribution in [0.5, 0.6) is 0 Å². The standard InChI is InChI=1S/C10H13N5O2S/c1-5-6(4-13-14-5)3-12-9-7(10(16)17-2)8(11)15-18-9/h4,12H,3H2,1-2H3,(H2,11,15)(H,13,14). The molecule has 0 unspecified atom stereocenters. The summed E-state index contributed by atoms with van der Waals surface area (Å²) >= 11 is 1.13. The van der Waals surface area contributed by atoms with Crippen molar-refractivity contribution in [2.45, 2.75) is 13.5 Å². The molecule has 0 bridgehead atoms. The minimum absolute atomic E-state index is 0.179. The maximum absolute atomic E-state index is 11.6. The van der Waals surface area contributed by atoms with Gasteiger partial charge in [-0.25, -0.2) is 4.79 Å². The summed E-state index contributed by atoms with van der Waals surface area (Å²) < 4.78 is 8.61. The monoisotopic (exact) mass is 267 g/mol. The number of ether oxygens (including phenoxy) is 1. The molecule has 0 saturated heterocycles. The SMILES string of the molecule is COC(=O)c1c(N)nsc1NCc1cn[nH]c1C. The van der Waals surface area contributed by atoms with E-state index < -0.39 is 5.97 Å². The number of H-pyrrole nitrogens is 1. The van der Waals surface area contributed by atoms with Crippen molar-refractivity contribution in [1.29, 1.82) is 0 Å². The van der Waals surface area contributed by atoms with Gasteiger partial charge in [0.25, 0.3) is 0 Å². The number of hydrogen-bond acceptors (Lipinski definition) is 7. The Bertz CT molecular complexity index is 562. The molecule has 2 aromatic rings. The van der Waals surface area contributed by atoms with E-state index in [1.54, 1.807) is 6.20 Å². The van der Waals surface area contributed by atoms with Gasteiger partial charge in [-0.3, -0.25) is 5.10 Å². The number of aryl methyl sites for hydroxylation is 1. The summed E-state index contributed by atoms with van der Waals surface area (Å²) in [5.74, 6) is -0.314. The van der Waals surface area contributed by atoms with Crippen LogP contribution in [-0.4, -0.2) is 27.7 Å². The second-order valence-electron chi connectivity index (χ2n) is 3.64. The number of anilines is 2. The van der Waals surface area contributed by atoms with Crippen molar-refractivity contribution < 1.29 is 9.53 Å². The summed E-state index contributed by atoms with van der Waals surface area (Å²) in [7, 11) is 1.31. The average molecular weight is 267 g/mol. The molecule has 96 valence electrons. The summed E-state index contributed by atoms with van der Waals surface area (Å²) in [6, 6.07) is 0. The molecule has 0 fully saturated rings. The molecule has 7 nitrogen and oxygen atoms in total. The van der Waals surface area contributed by atoms with Crippen molar-refractivity contribution in [3.8, 4) is 0 Å². The number of aromatic nitrogens is 3. The topological polar surface area (TPSA) is 106 Å². The van der Waals surface area contributed by atoms with Crippen LogP contribution in [0.15, 0.2) is 6.20 Å². The number of nitrogens with one attached hydrogen (secondary N) is 2. The second-order valence-corrected chi connectivity index (χ2v) is 4.41. The minimum atomic E-state index is -0.493. The van der Waals surface area contributed by atoms with E-state index in [4.69, 9.17) is 5.73 Å². The number of nitrogens with zero attached hydrogens (tertiary/aromatic N) is 2. The van der Waals surface area contributed by atoms with Crippen molar-refractivity contribution >= 4 is 28.3 Å². The molecule has 0 aromatic carbocycles. The van der Waals surface area contributed by atoms with Crippen LogP contribution in [0, 0.1) is 6.92 Å². The zero-order valence-electron chi connectivity index (χ0n) is 9.98. The summed E-state index contributed by atoms with van der Waals surface area (Å²) in [5, 5.41) is 10.5. The quantitative estimate of drug-likeness (QED) is 0.718. The van der Waals surface area contributed by atoms with Gasteiger partial charge in [-0.2, -0.15) is 9.47 Å². The molecule has 18 heavy (non-hydrogen) atoms. The van der Waals surface area contributed by atoms with E-state index in [2.05, 4.69) is 24.6 Å². The van der Waals surface area contributed by atoms with Crippen LogP contribution in [0.3, 0.4) is 0 Å². The Morgan fingerprint density at radius 1 is 1.67 bits per heavy atom. The lowest BCUT2D eigenvalue weighted by molar-refractivity contribution is 0.0603. The molecule has 2 heterocycles. The fourth-order valence-corrected chi connectivity index (χ4v) is 2.15. The highest BCUT2D eigenvalue weighted by Crippen LogP contribution is 2.27. The molecule has 0 atom stereocenters. The van der Waals surface area contributed by atoms with Crippen molar-refractivity contribution in [2.24, 2.45) is 0 Å². The molecule has 4 N–H and O–H groups in total. The van der Waals surface area contributed by atoms with Gasteiger partial charge in [-0.15, -0.1) is 0 Å². The number of methoxy groups -OCH3 is 1. The van der Waals surface area contributed by atoms with Crippen molar-refractivity contribution in [3.63, 3.8) is 0 Å². The van der Waals surface area contributed by atoms with Gasteiger partial charge in [-0.05, 0) is 18.5 Å².